The van der Waals surface area contributed by atoms with Crippen molar-refractivity contribution in [2.24, 2.45) is 0 Å². The fourth-order valence-electron chi connectivity index (χ4n) is 1.24. The molecule has 0 heterocycles. The van der Waals surface area contributed by atoms with Crippen molar-refractivity contribution in [1.82, 2.24) is 5.32 Å². The van der Waals surface area contributed by atoms with E-state index in [4.69, 9.17) is 9.84 Å². The zero-order valence-electron chi connectivity index (χ0n) is 10.9. The Balaban J connectivity index is 2.61. The molecule has 7 nitrogen and oxygen atoms in total. The standard InChI is InChI=1S/C12H15BrN2O5/c1-12(19,10(16)17)6-14-11(18)15-7-3-4-8(13)9(5-7)20-2/h3-5,19H,6H2,1-2H3,(H,16,17)(H2,14,15,18). The quantitative estimate of drug-likeness (QED) is 0.644. The van der Waals surface area contributed by atoms with E-state index in [9.17, 15) is 14.7 Å². The summed E-state index contributed by atoms with van der Waals surface area (Å²) in [4.78, 5) is 22.3. The van der Waals surface area contributed by atoms with Crippen molar-refractivity contribution in [2.75, 3.05) is 19.0 Å². The molecule has 0 saturated heterocycles. The lowest BCUT2D eigenvalue weighted by Gasteiger charge is -2.18. The molecule has 1 aromatic rings. The number of amides is 2. The minimum atomic E-state index is -2.02. The second kappa shape index (κ2) is 6.58. The van der Waals surface area contributed by atoms with Gasteiger partial charge in [-0.1, -0.05) is 0 Å². The molecular formula is C12H15BrN2O5. The van der Waals surface area contributed by atoms with E-state index in [0.717, 1.165) is 11.4 Å². The molecule has 0 fully saturated rings. The normalized spacial score (nSPS) is 13.2. The largest absolute Gasteiger partial charge is 0.495 e. The summed E-state index contributed by atoms with van der Waals surface area (Å²) >= 11 is 3.28. The first-order chi connectivity index (χ1) is 9.26. The van der Waals surface area contributed by atoms with Crippen LogP contribution in [0.1, 0.15) is 6.92 Å². The summed E-state index contributed by atoms with van der Waals surface area (Å²) in [6, 6.07) is 4.30. The van der Waals surface area contributed by atoms with Gasteiger partial charge in [-0.15, -0.1) is 0 Å². The number of methoxy groups -OCH3 is 1. The second-order valence-electron chi connectivity index (χ2n) is 4.24. The average molecular weight is 347 g/mol. The Morgan fingerprint density at radius 3 is 2.65 bits per heavy atom. The highest BCUT2D eigenvalue weighted by Crippen LogP contribution is 2.27. The molecule has 110 valence electrons. The molecule has 0 spiro atoms. The van der Waals surface area contributed by atoms with E-state index in [1.165, 1.54) is 7.11 Å². The van der Waals surface area contributed by atoms with Gasteiger partial charge in [0.25, 0.3) is 0 Å². The van der Waals surface area contributed by atoms with E-state index < -0.39 is 24.1 Å². The molecule has 0 saturated carbocycles. The maximum Gasteiger partial charge on any atom is 0.337 e. The van der Waals surface area contributed by atoms with Gasteiger partial charge in [0.2, 0.25) is 0 Å². The molecule has 0 radical (unpaired) electrons. The van der Waals surface area contributed by atoms with Crippen LogP contribution in [0.15, 0.2) is 22.7 Å². The molecule has 0 bridgehead atoms. The fourth-order valence-corrected chi connectivity index (χ4v) is 1.65. The number of ether oxygens (including phenoxy) is 1. The Morgan fingerprint density at radius 1 is 1.45 bits per heavy atom. The number of carboxylic acid groups (broad SMARTS) is 1. The van der Waals surface area contributed by atoms with Crippen LogP contribution >= 0.6 is 15.9 Å². The summed E-state index contributed by atoms with van der Waals surface area (Å²) in [6.45, 7) is 0.681. The van der Waals surface area contributed by atoms with Crippen molar-refractivity contribution >= 4 is 33.6 Å². The molecular weight excluding hydrogens is 332 g/mol. The number of halogens is 1. The highest BCUT2D eigenvalue weighted by molar-refractivity contribution is 9.10. The first-order valence-corrected chi connectivity index (χ1v) is 6.39. The van der Waals surface area contributed by atoms with Gasteiger partial charge in [-0.05, 0) is 35.0 Å². The minimum Gasteiger partial charge on any atom is -0.495 e. The lowest BCUT2D eigenvalue weighted by molar-refractivity contribution is -0.155. The van der Waals surface area contributed by atoms with Crippen LogP contribution in [0.25, 0.3) is 0 Å². The number of anilines is 1. The summed E-state index contributed by atoms with van der Waals surface area (Å²) in [7, 11) is 1.49. The first-order valence-electron chi connectivity index (χ1n) is 5.60. The molecule has 0 aliphatic heterocycles. The van der Waals surface area contributed by atoms with Crippen LogP contribution < -0.4 is 15.4 Å². The van der Waals surface area contributed by atoms with Crippen molar-refractivity contribution < 1.29 is 24.5 Å². The Labute approximate surface area is 124 Å². The van der Waals surface area contributed by atoms with Crippen LogP contribution in [-0.4, -0.2) is 41.5 Å². The number of carbonyl (C=O) groups is 2. The van der Waals surface area contributed by atoms with Crippen LogP contribution in [0.4, 0.5) is 10.5 Å². The van der Waals surface area contributed by atoms with E-state index in [1.54, 1.807) is 18.2 Å². The van der Waals surface area contributed by atoms with Gasteiger partial charge in [-0.2, -0.15) is 0 Å². The smallest absolute Gasteiger partial charge is 0.337 e. The van der Waals surface area contributed by atoms with Crippen molar-refractivity contribution in [3.05, 3.63) is 22.7 Å². The maximum atomic E-state index is 11.6. The predicted molar refractivity (Wildman–Crippen MR) is 76.0 cm³/mol. The third-order valence-corrected chi connectivity index (χ3v) is 3.12. The number of hydrogen-bond donors (Lipinski definition) is 4. The molecule has 1 rings (SSSR count). The van der Waals surface area contributed by atoms with Crippen LogP contribution in [0, 0.1) is 0 Å². The number of hydrogen-bond acceptors (Lipinski definition) is 4. The minimum absolute atomic E-state index is 0.415. The number of aliphatic carboxylic acids is 1. The number of urea groups is 1. The van der Waals surface area contributed by atoms with Gasteiger partial charge in [-0.3, -0.25) is 0 Å². The molecule has 8 heteroatoms. The zero-order chi connectivity index (χ0) is 15.3. The van der Waals surface area contributed by atoms with Crippen LogP contribution in [0.2, 0.25) is 0 Å². The van der Waals surface area contributed by atoms with E-state index in [1.807, 2.05) is 0 Å². The Kier molecular flexibility index (Phi) is 5.34. The van der Waals surface area contributed by atoms with Gasteiger partial charge in [0, 0.05) is 11.8 Å². The van der Waals surface area contributed by atoms with E-state index in [0.29, 0.717) is 11.4 Å². The van der Waals surface area contributed by atoms with E-state index in [2.05, 4.69) is 26.6 Å². The predicted octanol–water partition coefficient (Wildman–Crippen LogP) is 1.41. The molecule has 20 heavy (non-hydrogen) atoms. The Hall–Kier alpha value is -1.80. The maximum absolute atomic E-state index is 11.6. The third kappa shape index (κ3) is 4.39. The fraction of sp³-hybridized carbons (Fsp3) is 0.333. The molecule has 1 unspecified atom stereocenters. The van der Waals surface area contributed by atoms with Crippen molar-refractivity contribution in [2.45, 2.75) is 12.5 Å². The van der Waals surface area contributed by atoms with Gasteiger partial charge in [0.15, 0.2) is 5.60 Å². The molecule has 4 N–H and O–H groups in total. The number of aliphatic hydroxyl groups is 1. The Bertz CT molecular complexity index is 519. The van der Waals surface area contributed by atoms with Crippen LogP contribution in [0.5, 0.6) is 5.75 Å². The number of nitrogens with one attached hydrogen (secondary N) is 2. The summed E-state index contributed by atoms with van der Waals surface area (Å²) < 4.78 is 5.81. The summed E-state index contributed by atoms with van der Waals surface area (Å²) in [5.74, 6) is -0.872. The lowest BCUT2D eigenvalue weighted by Crippen LogP contribution is -2.47. The van der Waals surface area contributed by atoms with Crippen molar-refractivity contribution in [3.8, 4) is 5.75 Å². The summed E-state index contributed by atoms with van der Waals surface area (Å²) in [6.07, 6.45) is 0. The molecule has 1 atom stereocenters. The molecule has 0 aliphatic rings. The molecule has 1 aromatic carbocycles. The molecule has 2 amide bonds. The highest BCUT2D eigenvalue weighted by atomic mass is 79.9. The monoisotopic (exact) mass is 346 g/mol. The van der Waals surface area contributed by atoms with Gasteiger partial charge >= 0.3 is 12.0 Å². The number of benzene rings is 1. The molecule has 0 aliphatic carbocycles. The number of rotatable bonds is 5. The first kappa shape index (κ1) is 16.3. The van der Waals surface area contributed by atoms with Crippen molar-refractivity contribution in [1.29, 1.82) is 0 Å². The topological polar surface area (TPSA) is 108 Å². The van der Waals surface area contributed by atoms with Crippen LogP contribution in [-0.2, 0) is 4.79 Å². The van der Waals surface area contributed by atoms with Gasteiger partial charge < -0.3 is 25.6 Å². The van der Waals surface area contributed by atoms with Gasteiger partial charge in [0.05, 0.1) is 18.1 Å². The second-order valence-corrected chi connectivity index (χ2v) is 5.09. The summed E-state index contributed by atoms with van der Waals surface area (Å²) in [5.41, 5.74) is -1.55. The van der Waals surface area contributed by atoms with Gasteiger partial charge in [-0.25, -0.2) is 9.59 Å². The number of carbonyl (C=O) groups excluding carboxylic acids is 1. The highest BCUT2D eigenvalue weighted by Gasteiger charge is 2.30. The van der Waals surface area contributed by atoms with Crippen LogP contribution in [0.3, 0.4) is 0 Å². The van der Waals surface area contributed by atoms with Crippen molar-refractivity contribution in [3.63, 3.8) is 0 Å². The zero-order valence-corrected chi connectivity index (χ0v) is 12.5. The van der Waals surface area contributed by atoms with E-state index in [-0.39, 0.29) is 0 Å². The SMILES string of the molecule is COc1cc(NC(=O)NCC(C)(O)C(=O)O)ccc1Br. The number of carboxylic acids is 1. The molecule has 0 aromatic heterocycles. The Morgan fingerprint density at radius 2 is 2.10 bits per heavy atom. The third-order valence-electron chi connectivity index (χ3n) is 2.46. The van der Waals surface area contributed by atoms with E-state index >= 15 is 0 Å². The van der Waals surface area contributed by atoms with Gasteiger partial charge in [0.1, 0.15) is 5.75 Å². The summed E-state index contributed by atoms with van der Waals surface area (Å²) in [5, 5.41) is 22.9. The lowest BCUT2D eigenvalue weighted by atomic mass is 10.1. The average Bonchev–Trinajstić information content (AvgIpc) is 2.38.